The van der Waals surface area contributed by atoms with E-state index in [1.54, 1.807) is 48.5 Å². The fourth-order valence-corrected chi connectivity index (χ4v) is 6.78. The van der Waals surface area contributed by atoms with Gasteiger partial charge in [0.05, 0.1) is 18.2 Å². The number of rotatable bonds is 11. The number of aromatic carboxylic acids is 1. The van der Waals surface area contributed by atoms with Crippen LogP contribution in [0.3, 0.4) is 0 Å². The van der Waals surface area contributed by atoms with Gasteiger partial charge in [-0.25, -0.2) is 14.4 Å². The van der Waals surface area contributed by atoms with E-state index in [1.807, 2.05) is 0 Å². The lowest BCUT2D eigenvalue weighted by atomic mass is 9.71. The molecule has 1 aliphatic carbocycles. The zero-order valence-corrected chi connectivity index (χ0v) is 28.7. The summed E-state index contributed by atoms with van der Waals surface area (Å²) in [7, 11) is 2.83. The summed E-state index contributed by atoms with van der Waals surface area (Å²) in [6.45, 7) is 5.10. The largest absolute Gasteiger partial charge is 0.507 e. The summed E-state index contributed by atoms with van der Waals surface area (Å²) < 4.78 is 5.50. The van der Waals surface area contributed by atoms with Crippen molar-refractivity contribution in [2.24, 2.45) is 0 Å². The first-order chi connectivity index (χ1) is 23.4. The third-order valence-corrected chi connectivity index (χ3v) is 9.59. The van der Waals surface area contributed by atoms with E-state index in [-0.39, 0.29) is 29.2 Å². The van der Waals surface area contributed by atoms with Crippen LogP contribution in [-0.4, -0.2) is 103 Å². The molecular formula is C36H44N4O10. The first-order valence-corrected chi connectivity index (χ1v) is 15.9. The molecule has 3 aromatic carbocycles. The number of aryl methyl sites for hydroxylation is 1. The molecular weight excluding hydrogens is 648 g/mol. The number of ether oxygens (including phenoxy) is 1. The molecule has 0 aromatic heterocycles. The van der Waals surface area contributed by atoms with Gasteiger partial charge in [0, 0.05) is 31.8 Å². The smallest absolute Gasteiger partial charge is 0.407 e. The molecule has 0 radical (unpaired) electrons. The molecule has 4 rings (SSSR count). The molecule has 6 atom stereocenters. The quantitative estimate of drug-likeness (QED) is 0.137. The zero-order valence-electron chi connectivity index (χ0n) is 28.7. The van der Waals surface area contributed by atoms with E-state index < -0.39 is 70.8 Å². The molecule has 1 aliphatic rings. The van der Waals surface area contributed by atoms with Crippen molar-refractivity contribution in [2.75, 3.05) is 19.4 Å². The molecule has 0 heterocycles. The van der Waals surface area contributed by atoms with Crippen molar-refractivity contribution in [3.05, 3.63) is 94.5 Å². The SMILES string of the molecule is CC(=O)c1cccc(N[C@H]2[C@H](NC(=O)OCc3ccccc3)[C@@](NC(=O)N(C)C)([C@H](C)O)[C@@](C)(O)[C@]2(O)Cc2ccc(C)c(C(=O)O)c2O)c1. The highest BCUT2D eigenvalue weighted by Crippen LogP contribution is 2.52. The Labute approximate surface area is 289 Å². The Hall–Kier alpha value is -5.18. The number of phenols is 1. The summed E-state index contributed by atoms with van der Waals surface area (Å²) in [4.78, 5) is 52.5. The van der Waals surface area contributed by atoms with Crippen LogP contribution in [0.1, 0.15) is 58.2 Å². The summed E-state index contributed by atoms with van der Waals surface area (Å²) in [5.74, 6) is -2.37. The van der Waals surface area contributed by atoms with Crippen molar-refractivity contribution in [1.29, 1.82) is 0 Å². The van der Waals surface area contributed by atoms with Crippen LogP contribution in [0.4, 0.5) is 15.3 Å². The molecule has 8 N–H and O–H groups in total. The van der Waals surface area contributed by atoms with Gasteiger partial charge in [-0.15, -0.1) is 0 Å². The van der Waals surface area contributed by atoms with E-state index in [0.29, 0.717) is 11.1 Å². The van der Waals surface area contributed by atoms with Gasteiger partial charge in [0.2, 0.25) is 0 Å². The number of nitrogens with zero attached hydrogens (tertiary/aromatic N) is 1. The predicted octanol–water partition coefficient (Wildman–Crippen LogP) is 2.81. The minimum atomic E-state index is -2.58. The monoisotopic (exact) mass is 692 g/mol. The van der Waals surface area contributed by atoms with E-state index in [0.717, 1.165) is 11.8 Å². The number of anilines is 1. The molecule has 0 spiro atoms. The Kier molecular flexibility index (Phi) is 10.8. The number of alkyl carbamates (subject to hydrolysis) is 1. The highest BCUT2D eigenvalue weighted by Gasteiger charge is 2.77. The maximum Gasteiger partial charge on any atom is 0.407 e. The van der Waals surface area contributed by atoms with Gasteiger partial charge < -0.3 is 51.1 Å². The number of carboxylic acids is 1. The van der Waals surface area contributed by atoms with Gasteiger partial charge in [-0.2, -0.15) is 0 Å². The summed E-state index contributed by atoms with van der Waals surface area (Å²) in [6, 6.07) is 13.8. The lowest BCUT2D eigenvalue weighted by molar-refractivity contribution is -0.171. The molecule has 1 fully saturated rings. The van der Waals surface area contributed by atoms with Crippen molar-refractivity contribution in [3.63, 3.8) is 0 Å². The van der Waals surface area contributed by atoms with Crippen LogP contribution in [0.25, 0.3) is 0 Å². The number of hydrogen-bond donors (Lipinski definition) is 8. The fourth-order valence-electron chi connectivity index (χ4n) is 6.78. The van der Waals surface area contributed by atoms with E-state index in [4.69, 9.17) is 4.74 Å². The number of amides is 3. The number of aliphatic hydroxyl groups excluding tert-OH is 1. The number of aliphatic hydroxyl groups is 3. The fraction of sp³-hybridized carbons (Fsp3) is 0.389. The van der Waals surface area contributed by atoms with Crippen LogP contribution in [0.15, 0.2) is 66.7 Å². The summed E-state index contributed by atoms with van der Waals surface area (Å²) >= 11 is 0. The van der Waals surface area contributed by atoms with Crippen molar-refractivity contribution in [2.45, 2.75) is 75.7 Å². The van der Waals surface area contributed by atoms with Crippen molar-refractivity contribution >= 4 is 29.6 Å². The standard InChI is InChI=1S/C36H44N4O10/c1-20-15-16-25(28(43)27(20)31(44)45)18-35(49)29(37-26-14-10-13-24(17-26)21(2)41)30(38-33(47)50-19-23-11-8-7-9-12-23)36(22(3)42,34(35,4)48)39-32(46)40(5)6/h7-17,22,29-30,37,42-43,48-49H,18-19H2,1-6H3,(H,38,47)(H,39,46)(H,44,45)/t22-,29-,30-,34-,35-,36-/m0/s1. The number of urea groups is 1. The Morgan fingerprint density at radius 2 is 1.64 bits per heavy atom. The first-order valence-electron chi connectivity index (χ1n) is 15.9. The number of hydrogen-bond acceptors (Lipinski definition) is 10. The summed E-state index contributed by atoms with van der Waals surface area (Å²) in [6.07, 6.45) is -3.37. The number of carboxylic acid groups (broad SMARTS) is 1. The number of carbonyl (C=O) groups excluding carboxylic acids is 3. The molecule has 0 unspecified atom stereocenters. The van der Waals surface area contributed by atoms with Crippen LogP contribution in [0.2, 0.25) is 0 Å². The van der Waals surface area contributed by atoms with Crippen LogP contribution in [0, 0.1) is 6.92 Å². The summed E-state index contributed by atoms with van der Waals surface area (Å²) in [5, 5.41) is 66.6. The minimum absolute atomic E-state index is 0.0919. The highest BCUT2D eigenvalue weighted by molar-refractivity contribution is 5.95. The lowest BCUT2D eigenvalue weighted by Crippen LogP contribution is -2.77. The van der Waals surface area contributed by atoms with Gasteiger partial charge in [-0.1, -0.05) is 54.6 Å². The number of nitrogens with one attached hydrogen (secondary N) is 3. The molecule has 3 aromatic rings. The van der Waals surface area contributed by atoms with E-state index >= 15 is 0 Å². The third kappa shape index (κ3) is 6.82. The Balaban J connectivity index is 1.96. The van der Waals surface area contributed by atoms with Gasteiger partial charge in [0.15, 0.2) is 5.78 Å². The van der Waals surface area contributed by atoms with Gasteiger partial charge in [0.25, 0.3) is 0 Å². The second-order valence-corrected chi connectivity index (χ2v) is 13.1. The maximum absolute atomic E-state index is 13.6. The molecule has 0 aliphatic heterocycles. The molecule has 3 amide bonds. The van der Waals surface area contributed by atoms with Crippen molar-refractivity contribution < 1.29 is 49.4 Å². The van der Waals surface area contributed by atoms with Gasteiger partial charge in [-0.3, -0.25) is 4.79 Å². The van der Waals surface area contributed by atoms with Crippen LogP contribution < -0.4 is 16.0 Å². The number of ketones is 1. The summed E-state index contributed by atoms with van der Waals surface area (Å²) in [5.41, 5.74) is -6.49. The van der Waals surface area contributed by atoms with Gasteiger partial charge >= 0.3 is 18.1 Å². The van der Waals surface area contributed by atoms with Crippen LogP contribution in [0.5, 0.6) is 5.75 Å². The third-order valence-electron chi connectivity index (χ3n) is 9.59. The van der Waals surface area contributed by atoms with E-state index in [9.17, 15) is 44.7 Å². The van der Waals surface area contributed by atoms with Crippen LogP contribution >= 0.6 is 0 Å². The molecule has 0 saturated heterocycles. The van der Waals surface area contributed by atoms with Crippen LogP contribution in [-0.2, 0) is 17.8 Å². The van der Waals surface area contributed by atoms with Crippen molar-refractivity contribution in [1.82, 2.24) is 15.5 Å². The highest BCUT2D eigenvalue weighted by atomic mass is 16.5. The molecule has 1 saturated carbocycles. The number of benzene rings is 3. The normalized spacial score (nSPS) is 24.9. The molecule has 0 bridgehead atoms. The average Bonchev–Trinajstić information content (AvgIpc) is 3.17. The average molecular weight is 693 g/mol. The Bertz CT molecular complexity index is 1760. The second kappa shape index (κ2) is 14.4. The second-order valence-electron chi connectivity index (χ2n) is 13.1. The number of aromatic hydroxyl groups is 1. The molecule has 50 heavy (non-hydrogen) atoms. The van der Waals surface area contributed by atoms with Gasteiger partial charge in [0.1, 0.15) is 34.7 Å². The molecule has 14 nitrogen and oxygen atoms in total. The van der Waals surface area contributed by atoms with E-state index in [1.165, 1.54) is 53.1 Å². The Morgan fingerprint density at radius 3 is 2.22 bits per heavy atom. The maximum atomic E-state index is 13.6. The number of carbonyl (C=O) groups is 4. The predicted molar refractivity (Wildman–Crippen MR) is 183 cm³/mol. The zero-order chi connectivity index (χ0) is 37.2. The lowest BCUT2D eigenvalue weighted by Gasteiger charge is -2.49. The Morgan fingerprint density at radius 1 is 0.980 bits per heavy atom. The first kappa shape index (κ1) is 37.6. The molecule has 14 heteroatoms. The van der Waals surface area contributed by atoms with Crippen molar-refractivity contribution in [3.8, 4) is 5.75 Å². The number of Topliss-reactive ketones (excluding diaryl/α,β-unsaturated/α-hetero) is 1. The van der Waals surface area contributed by atoms with E-state index in [2.05, 4.69) is 16.0 Å². The topological polar surface area (TPSA) is 218 Å². The minimum Gasteiger partial charge on any atom is -0.507 e. The molecule has 268 valence electrons. The van der Waals surface area contributed by atoms with Gasteiger partial charge in [-0.05, 0) is 56.5 Å².